The van der Waals surface area contributed by atoms with Crippen molar-refractivity contribution in [2.45, 2.75) is 32.6 Å². The highest BCUT2D eigenvalue weighted by Gasteiger charge is 2.21. The van der Waals surface area contributed by atoms with Gasteiger partial charge in [-0.05, 0) is 43.7 Å². The molecule has 0 radical (unpaired) electrons. The summed E-state index contributed by atoms with van der Waals surface area (Å²) in [6.07, 6.45) is 6.68. The van der Waals surface area contributed by atoms with Crippen molar-refractivity contribution >= 4 is 27.2 Å². The zero-order chi connectivity index (χ0) is 15.4. The first-order chi connectivity index (χ1) is 11.3. The number of thiophene rings is 1. The molecule has 23 heavy (non-hydrogen) atoms. The fraction of sp³-hybridized carbons (Fsp3) is 0.278. The average molecular weight is 320 g/mol. The Labute approximate surface area is 137 Å². The van der Waals surface area contributed by atoms with Gasteiger partial charge < -0.3 is 0 Å². The summed E-state index contributed by atoms with van der Waals surface area (Å²) in [4.78, 5) is 12.1. The van der Waals surface area contributed by atoms with E-state index in [4.69, 9.17) is 4.98 Å². The minimum Gasteiger partial charge on any atom is -0.225 e. The molecule has 4 aromatic rings. The molecule has 114 valence electrons. The fourth-order valence-corrected chi connectivity index (χ4v) is 4.72. The first-order valence-corrected chi connectivity index (χ1v) is 8.84. The van der Waals surface area contributed by atoms with E-state index in [1.165, 1.54) is 40.7 Å². The van der Waals surface area contributed by atoms with Crippen LogP contribution in [-0.2, 0) is 12.8 Å². The Morgan fingerprint density at radius 1 is 1.13 bits per heavy atom. The lowest BCUT2D eigenvalue weighted by molar-refractivity contribution is 0.700. The Morgan fingerprint density at radius 2 is 2.00 bits per heavy atom. The fourth-order valence-electron chi connectivity index (χ4n) is 3.49. The van der Waals surface area contributed by atoms with Crippen molar-refractivity contribution in [1.82, 2.24) is 19.6 Å². The van der Waals surface area contributed by atoms with E-state index in [0.717, 1.165) is 28.3 Å². The number of benzene rings is 1. The van der Waals surface area contributed by atoms with Gasteiger partial charge >= 0.3 is 0 Å². The number of hydrogen-bond acceptors (Lipinski definition) is 4. The van der Waals surface area contributed by atoms with Crippen LogP contribution in [0.3, 0.4) is 0 Å². The Kier molecular flexibility index (Phi) is 2.79. The van der Waals surface area contributed by atoms with E-state index in [-0.39, 0.29) is 0 Å². The van der Waals surface area contributed by atoms with Crippen molar-refractivity contribution in [2.24, 2.45) is 0 Å². The van der Waals surface area contributed by atoms with E-state index < -0.39 is 0 Å². The van der Waals surface area contributed by atoms with E-state index in [1.807, 2.05) is 28.0 Å². The molecule has 5 rings (SSSR count). The summed E-state index contributed by atoms with van der Waals surface area (Å²) in [5.74, 6) is 0.785. The number of hydrogen-bond donors (Lipinski definition) is 0. The third-order valence-electron chi connectivity index (χ3n) is 4.68. The molecule has 0 saturated carbocycles. The molecule has 1 aromatic carbocycles. The summed E-state index contributed by atoms with van der Waals surface area (Å²) in [6.45, 7) is 2.10. The van der Waals surface area contributed by atoms with Gasteiger partial charge in [0.05, 0.1) is 5.39 Å². The lowest BCUT2D eigenvalue weighted by atomic mass is 9.97. The van der Waals surface area contributed by atoms with Crippen molar-refractivity contribution in [3.63, 3.8) is 0 Å². The topological polar surface area (TPSA) is 43.1 Å². The molecule has 0 fully saturated rings. The summed E-state index contributed by atoms with van der Waals surface area (Å²) < 4.78 is 1.84. The van der Waals surface area contributed by atoms with Gasteiger partial charge in [0.1, 0.15) is 11.2 Å². The molecular weight excluding hydrogens is 304 g/mol. The van der Waals surface area contributed by atoms with Crippen LogP contribution in [0.1, 0.15) is 28.8 Å². The number of rotatable bonds is 1. The van der Waals surface area contributed by atoms with Gasteiger partial charge in [0, 0.05) is 10.4 Å². The highest BCUT2D eigenvalue weighted by atomic mass is 32.1. The van der Waals surface area contributed by atoms with Crippen molar-refractivity contribution in [2.75, 3.05) is 0 Å². The summed E-state index contributed by atoms with van der Waals surface area (Å²) in [6, 6.07) is 8.26. The van der Waals surface area contributed by atoms with Crippen LogP contribution >= 0.6 is 11.3 Å². The Bertz CT molecular complexity index is 1040. The molecule has 0 bridgehead atoms. The monoisotopic (exact) mass is 320 g/mol. The lowest BCUT2D eigenvalue weighted by Gasteiger charge is -2.09. The van der Waals surface area contributed by atoms with E-state index in [1.54, 1.807) is 6.33 Å². The van der Waals surface area contributed by atoms with Crippen LogP contribution in [0.15, 0.2) is 30.6 Å². The predicted octanol–water partition coefficient (Wildman–Crippen LogP) is 4.19. The highest BCUT2D eigenvalue weighted by Crippen LogP contribution is 2.37. The maximum Gasteiger partial charge on any atom is 0.182 e. The van der Waals surface area contributed by atoms with Gasteiger partial charge in [-0.3, -0.25) is 0 Å². The van der Waals surface area contributed by atoms with Crippen LogP contribution in [0.4, 0.5) is 0 Å². The maximum absolute atomic E-state index is 4.87. The smallest absolute Gasteiger partial charge is 0.182 e. The summed E-state index contributed by atoms with van der Waals surface area (Å²) in [5.41, 5.74) is 4.69. The highest BCUT2D eigenvalue weighted by molar-refractivity contribution is 7.19. The van der Waals surface area contributed by atoms with Gasteiger partial charge in [-0.25, -0.2) is 14.5 Å². The van der Waals surface area contributed by atoms with Gasteiger partial charge in [0.2, 0.25) is 0 Å². The second-order valence-electron chi connectivity index (χ2n) is 6.15. The Morgan fingerprint density at radius 3 is 2.91 bits per heavy atom. The van der Waals surface area contributed by atoms with Gasteiger partial charge in [0.15, 0.2) is 11.5 Å². The molecule has 3 heterocycles. The van der Waals surface area contributed by atoms with Gasteiger partial charge in [-0.2, -0.15) is 0 Å². The second-order valence-corrected chi connectivity index (χ2v) is 7.24. The molecular formula is C18H16N4S. The zero-order valence-electron chi connectivity index (χ0n) is 12.9. The van der Waals surface area contributed by atoms with E-state index in [9.17, 15) is 0 Å². The predicted molar refractivity (Wildman–Crippen MR) is 93.0 cm³/mol. The molecule has 0 atom stereocenters. The average Bonchev–Trinajstić information content (AvgIpc) is 3.15. The Hall–Kier alpha value is -2.27. The normalized spacial score (nSPS) is 14.5. The molecule has 0 amide bonds. The maximum atomic E-state index is 4.87. The third kappa shape index (κ3) is 1.93. The van der Waals surface area contributed by atoms with Gasteiger partial charge in [-0.1, -0.05) is 24.3 Å². The number of nitrogens with zero attached hydrogens (tertiary/aromatic N) is 4. The van der Waals surface area contributed by atoms with Gasteiger partial charge in [0.25, 0.3) is 0 Å². The molecule has 1 aliphatic carbocycles. The molecule has 0 aliphatic heterocycles. The summed E-state index contributed by atoms with van der Waals surface area (Å²) in [7, 11) is 0. The summed E-state index contributed by atoms with van der Waals surface area (Å²) in [5, 5.41) is 5.89. The van der Waals surface area contributed by atoms with Crippen LogP contribution in [0.25, 0.3) is 27.3 Å². The van der Waals surface area contributed by atoms with Crippen LogP contribution in [0.2, 0.25) is 0 Å². The first kappa shape index (κ1) is 13.2. The van der Waals surface area contributed by atoms with E-state index in [0.29, 0.717) is 0 Å². The standard InChI is InChI=1S/C18H16N4S/c1-11-6-2-3-7-12(11)16-20-17-15-13-8-4-5-9-14(13)23-18(15)19-10-22(17)21-16/h2-3,6-7,10H,4-5,8-9H2,1H3. The van der Waals surface area contributed by atoms with Crippen molar-refractivity contribution < 1.29 is 0 Å². The van der Waals surface area contributed by atoms with Crippen molar-refractivity contribution in [1.29, 1.82) is 0 Å². The van der Waals surface area contributed by atoms with Crippen LogP contribution in [0.5, 0.6) is 0 Å². The van der Waals surface area contributed by atoms with Crippen molar-refractivity contribution in [3.05, 3.63) is 46.6 Å². The quantitative estimate of drug-likeness (QED) is 0.528. The first-order valence-electron chi connectivity index (χ1n) is 8.03. The van der Waals surface area contributed by atoms with Crippen LogP contribution in [0, 0.1) is 6.92 Å². The van der Waals surface area contributed by atoms with Crippen LogP contribution in [-0.4, -0.2) is 19.6 Å². The molecule has 5 heteroatoms. The minimum atomic E-state index is 0.785. The summed E-state index contributed by atoms with van der Waals surface area (Å²) >= 11 is 1.83. The SMILES string of the molecule is Cc1ccccc1-c1nc2c3c4c(sc3ncn2n1)CCCC4. The van der Waals surface area contributed by atoms with Gasteiger partial charge in [-0.15, -0.1) is 16.4 Å². The number of aromatic nitrogens is 4. The van der Waals surface area contributed by atoms with E-state index >= 15 is 0 Å². The van der Waals surface area contributed by atoms with Crippen molar-refractivity contribution in [3.8, 4) is 11.4 Å². The Balaban J connectivity index is 1.81. The molecule has 4 nitrogen and oxygen atoms in total. The van der Waals surface area contributed by atoms with Crippen LogP contribution < -0.4 is 0 Å². The molecule has 1 aliphatic rings. The molecule has 3 aromatic heterocycles. The largest absolute Gasteiger partial charge is 0.225 e. The van der Waals surface area contributed by atoms with E-state index in [2.05, 4.69) is 29.1 Å². The minimum absolute atomic E-state index is 0.785. The molecule has 0 spiro atoms. The molecule has 0 N–H and O–H groups in total. The molecule has 0 saturated heterocycles. The number of fused-ring (bicyclic) bond motifs is 5. The molecule has 0 unspecified atom stereocenters. The third-order valence-corrected chi connectivity index (χ3v) is 5.88. The number of aryl methyl sites for hydroxylation is 3. The lowest BCUT2D eigenvalue weighted by Crippen LogP contribution is -1.99. The zero-order valence-corrected chi connectivity index (χ0v) is 13.7. The second kappa shape index (κ2) is 4.86.